The lowest BCUT2D eigenvalue weighted by Gasteiger charge is -2.24. The highest BCUT2D eigenvalue weighted by molar-refractivity contribution is 6.04. The van der Waals surface area contributed by atoms with Gasteiger partial charge in [0.1, 0.15) is 29.7 Å². The Bertz CT molecular complexity index is 2210. The summed E-state index contributed by atoms with van der Waals surface area (Å²) in [5.74, 6) is -0.0954. The van der Waals surface area contributed by atoms with Crippen molar-refractivity contribution in [2.24, 2.45) is 0 Å². The van der Waals surface area contributed by atoms with Crippen LogP contribution in [0.4, 0.5) is 27.0 Å². The fourth-order valence-corrected chi connectivity index (χ4v) is 7.81. The molecule has 8 rings (SSSR count). The molecule has 296 valence electrons. The first-order valence-corrected chi connectivity index (χ1v) is 18.5. The van der Waals surface area contributed by atoms with Crippen LogP contribution < -0.4 is 26.2 Å². The maximum Gasteiger partial charge on any atom is 0.325 e. The van der Waals surface area contributed by atoms with Crippen LogP contribution in [0, 0.1) is 0 Å². The van der Waals surface area contributed by atoms with Crippen molar-refractivity contribution in [1.29, 1.82) is 0 Å². The number of urea groups is 2. The summed E-state index contributed by atoms with van der Waals surface area (Å²) in [7, 11) is 0. The fraction of sp³-hybridized carbons (Fsp3) is 0.342. The predicted octanol–water partition coefficient (Wildman–Crippen LogP) is 1.22. The average Bonchev–Trinajstić information content (AvgIpc) is 3.98. The van der Waals surface area contributed by atoms with Crippen LogP contribution in [-0.2, 0) is 4.79 Å². The van der Waals surface area contributed by atoms with Crippen molar-refractivity contribution < 1.29 is 39.9 Å². The number of imidazole rings is 1. The molecular weight excluding hydrogens is 738 g/mol. The molecule has 0 spiro atoms. The molecule has 2 saturated heterocycles. The molecule has 1 saturated carbocycles. The van der Waals surface area contributed by atoms with Crippen molar-refractivity contribution >= 4 is 46.6 Å². The third-order valence-electron chi connectivity index (χ3n) is 10.7. The third kappa shape index (κ3) is 7.42. The monoisotopic (exact) mass is 779 g/mol. The number of hydrogen-bond donors (Lipinski definition) is 9. The van der Waals surface area contributed by atoms with Gasteiger partial charge in [-0.25, -0.2) is 14.6 Å². The summed E-state index contributed by atoms with van der Waals surface area (Å²) in [6.45, 7) is 0.539. The van der Waals surface area contributed by atoms with Gasteiger partial charge in [0.15, 0.2) is 17.0 Å². The minimum absolute atomic E-state index is 0.0290. The van der Waals surface area contributed by atoms with Gasteiger partial charge in [-0.3, -0.25) is 14.7 Å². The highest BCUT2D eigenvalue weighted by atomic mass is 16.3. The van der Waals surface area contributed by atoms with Gasteiger partial charge in [-0.2, -0.15) is 9.97 Å². The molecule has 5 aromatic rings. The summed E-state index contributed by atoms with van der Waals surface area (Å²) < 4.78 is 1.60. The number of imide groups is 1. The minimum Gasteiger partial charge on any atom is -0.508 e. The number of amides is 5. The summed E-state index contributed by atoms with van der Waals surface area (Å²) in [6.07, 6.45) is 2.25. The Morgan fingerprint density at radius 1 is 0.947 bits per heavy atom. The number of aromatic nitrogens is 5. The highest BCUT2D eigenvalue weighted by Crippen LogP contribution is 2.38. The van der Waals surface area contributed by atoms with Crippen molar-refractivity contribution in [3.05, 3.63) is 90.5 Å². The number of benzene rings is 2. The van der Waals surface area contributed by atoms with Crippen LogP contribution in [0.15, 0.2) is 79.4 Å². The summed E-state index contributed by atoms with van der Waals surface area (Å²) in [6, 6.07) is 12.5. The van der Waals surface area contributed by atoms with E-state index >= 15 is 0 Å². The van der Waals surface area contributed by atoms with Gasteiger partial charge >= 0.3 is 12.1 Å². The Labute approximate surface area is 325 Å². The number of phenolic OH excluding ortho intramolecular Hbond substituents is 2. The third-order valence-corrected chi connectivity index (χ3v) is 10.7. The zero-order valence-corrected chi connectivity index (χ0v) is 30.4. The number of anilines is 3. The summed E-state index contributed by atoms with van der Waals surface area (Å²) in [4.78, 5) is 59.8. The molecule has 57 heavy (non-hydrogen) atoms. The molecule has 3 aliphatic rings. The van der Waals surface area contributed by atoms with Crippen LogP contribution >= 0.6 is 0 Å². The zero-order chi connectivity index (χ0) is 39.8. The predicted molar refractivity (Wildman–Crippen MR) is 205 cm³/mol. The number of nitrogens with zero attached hydrogens (tertiary/aromatic N) is 7. The van der Waals surface area contributed by atoms with Crippen molar-refractivity contribution in [3.8, 4) is 11.5 Å². The second-order valence-corrected chi connectivity index (χ2v) is 14.3. The first kappa shape index (κ1) is 37.4. The van der Waals surface area contributed by atoms with Gasteiger partial charge in [0.05, 0.1) is 36.9 Å². The SMILES string of the molecule is O=C(Nc1cccnc1)N[C@@H]1CCN(c2nc(NCC(c3ccc(O)cc3)c3ccc(O)cc3)c3ncn([C@@H]4C[C@H](N5C(=O)NC(CO)C5=O)[C@@H](O)[C@H]4O)c3n2)C1. The second-order valence-electron chi connectivity index (χ2n) is 14.3. The minimum atomic E-state index is -1.50. The average molecular weight is 780 g/mol. The normalized spacial score (nSPS) is 23.4. The van der Waals surface area contributed by atoms with Crippen LogP contribution in [0.2, 0.25) is 0 Å². The van der Waals surface area contributed by atoms with Crippen LogP contribution in [0.3, 0.4) is 0 Å². The smallest absolute Gasteiger partial charge is 0.325 e. The molecule has 6 atom stereocenters. The summed E-state index contributed by atoms with van der Waals surface area (Å²) in [5.41, 5.74) is 2.95. The molecule has 5 heterocycles. The first-order chi connectivity index (χ1) is 27.6. The van der Waals surface area contributed by atoms with E-state index in [9.17, 15) is 39.9 Å². The number of aromatic hydroxyl groups is 2. The molecule has 3 fully saturated rings. The van der Waals surface area contributed by atoms with E-state index in [2.05, 4.69) is 31.2 Å². The van der Waals surface area contributed by atoms with E-state index in [1.807, 2.05) is 29.2 Å². The maximum absolute atomic E-state index is 13.0. The van der Waals surface area contributed by atoms with Gasteiger partial charge < -0.3 is 56.3 Å². The molecule has 19 heteroatoms. The Morgan fingerprint density at radius 3 is 2.30 bits per heavy atom. The van der Waals surface area contributed by atoms with Gasteiger partial charge in [0.2, 0.25) is 5.95 Å². The van der Waals surface area contributed by atoms with Gasteiger partial charge in [0, 0.05) is 37.8 Å². The van der Waals surface area contributed by atoms with Crippen molar-refractivity contribution in [3.63, 3.8) is 0 Å². The van der Waals surface area contributed by atoms with Crippen molar-refractivity contribution in [2.45, 2.75) is 55.1 Å². The lowest BCUT2D eigenvalue weighted by Crippen LogP contribution is -2.47. The molecule has 3 aromatic heterocycles. The number of pyridine rings is 1. The fourth-order valence-electron chi connectivity index (χ4n) is 7.81. The largest absolute Gasteiger partial charge is 0.508 e. The molecular formula is C38H41N11O8. The lowest BCUT2D eigenvalue weighted by molar-refractivity contribution is -0.131. The van der Waals surface area contributed by atoms with Gasteiger partial charge in [0.25, 0.3) is 5.91 Å². The van der Waals surface area contributed by atoms with E-state index in [1.165, 1.54) is 6.33 Å². The number of carbonyl (C=O) groups excluding carboxylic acids is 3. The first-order valence-electron chi connectivity index (χ1n) is 18.5. The molecule has 0 bridgehead atoms. The molecule has 19 nitrogen and oxygen atoms in total. The standard InChI is InChI=1S/C38H41N11O8/c50-18-27-35(55)49(38(57)44-27)29-14-28(31(53)32(29)54)48-19-41-30-33(40-16-26(20-3-7-24(51)8-4-20)21-5-9-25(52)10-6-21)45-36(46-34(30)48)47-13-11-23(17-47)43-37(56)42-22-2-1-12-39-15-22/h1-10,12,15,19,23,26-29,31-32,50-54H,11,13-14,16-18H2,(H,44,57)(H,40,45,46)(H2,42,43,56)/t23-,27?,28-,29+,31+,32-/m1/s1. The molecule has 0 radical (unpaired) electrons. The Morgan fingerprint density at radius 2 is 1.65 bits per heavy atom. The number of phenols is 2. The molecule has 1 aliphatic carbocycles. The van der Waals surface area contributed by atoms with E-state index < -0.39 is 48.9 Å². The van der Waals surface area contributed by atoms with Crippen molar-refractivity contribution in [1.82, 2.24) is 40.0 Å². The second kappa shape index (κ2) is 15.5. The number of aliphatic hydroxyl groups excluding tert-OH is 3. The molecule has 2 aromatic carbocycles. The van der Waals surface area contributed by atoms with Gasteiger partial charge in [-0.15, -0.1) is 0 Å². The quantitative estimate of drug-likeness (QED) is 0.0855. The molecule has 5 amide bonds. The molecule has 2 aliphatic heterocycles. The Hall–Kier alpha value is -6.57. The van der Waals surface area contributed by atoms with E-state index in [0.29, 0.717) is 48.1 Å². The number of nitrogens with one attached hydrogen (secondary N) is 4. The Kier molecular flexibility index (Phi) is 10.2. The number of hydrogen-bond acceptors (Lipinski definition) is 14. The van der Waals surface area contributed by atoms with E-state index in [0.717, 1.165) is 16.0 Å². The Balaban J connectivity index is 1.11. The molecule has 1 unspecified atom stereocenters. The summed E-state index contributed by atoms with van der Waals surface area (Å²) in [5, 5.41) is 63.8. The number of aliphatic hydroxyl groups is 3. The van der Waals surface area contributed by atoms with Crippen LogP contribution in [0.25, 0.3) is 11.2 Å². The van der Waals surface area contributed by atoms with E-state index in [-0.39, 0.29) is 42.5 Å². The van der Waals surface area contributed by atoms with Gasteiger partial charge in [-0.05, 0) is 60.4 Å². The van der Waals surface area contributed by atoms with Crippen molar-refractivity contribution in [2.75, 3.05) is 41.8 Å². The van der Waals surface area contributed by atoms with Crippen LogP contribution in [0.1, 0.15) is 35.9 Å². The van der Waals surface area contributed by atoms with E-state index in [4.69, 9.17) is 9.97 Å². The van der Waals surface area contributed by atoms with E-state index in [1.54, 1.807) is 53.4 Å². The number of fused-ring (bicyclic) bond motifs is 1. The van der Waals surface area contributed by atoms with Crippen LogP contribution in [-0.4, -0.2) is 129 Å². The van der Waals surface area contributed by atoms with Crippen LogP contribution in [0.5, 0.6) is 11.5 Å². The number of rotatable bonds is 11. The highest BCUT2D eigenvalue weighted by Gasteiger charge is 2.52. The maximum atomic E-state index is 13.0. The summed E-state index contributed by atoms with van der Waals surface area (Å²) >= 11 is 0. The molecule has 9 N–H and O–H groups in total. The number of carbonyl (C=O) groups is 3. The zero-order valence-electron chi connectivity index (χ0n) is 30.4. The topological polar surface area (TPSA) is 263 Å². The van der Waals surface area contributed by atoms with Gasteiger partial charge in [-0.1, -0.05) is 24.3 Å². The lowest BCUT2D eigenvalue weighted by atomic mass is 9.91.